The standard InChI is InChI=1S/C13H22O2/c1-3-4-5-6-7-11-12(14)8-10(2)9-13(11)15/h10-11H,3-9H2,1-2H3. The second-order valence-electron chi connectivity index (χ2n) is 4.85. The lowest BCUT2D eigenvalue weighted by Gasteiger charge is -2.23. The summed E-state index contributed by atoms with van der Waals surface area (Å²) < 4.78 is 0. The highest BCUT2D eigenvalue weighted by Gasteiger charge is 2.32. The van der Waals surface area contributed by atoms with Crippen LogP contribution >= 0.6 is 0 Å². The Morgan fingerprint density at radius 1 is 1.07 bits per heavy atom. The molecule has 0 saturated heterocycles. The van der Waals surface area contributed by atoms with Crippen molar-refractivity contribution in [3.8, 4) is 0 Å². The fraction of sp³-hybridized carbons (Fsp3) is 0.846. The molecule has 0 aromatic rings. The fourth-order valence-corrected chi connectivity index (χ4v) is 2.32. The van der Waals surface area contributed by atoms with Gasteiger partial charge in [0.1, 0.15) is 11.6 Å². The predicted octanol–water partition coefficient (Wildman–Crippen LogP) is 3.14. The Bertz CT molecular complexity index is 215. The first-order chi connectivity index (χ1) is 7.15. The molecule has 0 aromatic carbocycles. The largest absolute Gasteiger partial charge is 0.299 e. The third kappa shape index (κ3) is 3.77. The molecule has 0 aromatic heterocycles. The summed E-state index contributed by atoms with van der Waals surface area (Å²) in [5.41, 5.74) is 0. The molecular weight excluding hydrogens is 188 g/mol. The number of hydrogen-bond acceptors (Lipinski definition) is 2. The van der Waals surface area contributed by atoms with Gasteiger partial charge in [-0.2, -0.15) is 0 Å². The summed E-state index contributed by atoms with van der Waals surface area (Å²) >= 11 is 0. The highest BCUT2D eigenvalue weighted by molar-refractivity contribution is 6.04. The van der Waals surface area contributed by atoms with Crippen molar-refractivity contribution in [1.82, 2.24) is 0 Å². The summed E-state index contributed by atoms with van der Waals surface area (Å²) in [4.78, 5) is 23.3. The lowest BCUT2D eigenvalue weighted by Crippen LogP contribution is -2.32. The molecule has 0 unspecified atom stereocenters. The first kappa shape index (κ1) is 12.4. The minimum absolute atomic E-state index is 0.190. The molecule has 1 rings (SSSR count). The monoisotopic (exact) mass is 210 g/mol. The second-order valence-corrected chi connectivity index (χ2v) is 4.85. The molecule has 0 spiro atoms. The molecule has 1 saturated carbocycles. The Morgan fingerprint density at radius 3 is 2.20 bits per heavy atom. The quantitative estimate of drug-likeness (QED) is 0.516. The summed E-state index contributed by atoms with van der Waals surface area (Å²) in [5, 5.41) is 0. The maximum absolute atomic E-state index is 11.7. The second kappa shape index (κ2) is 6.04. The maximum Gasteiger partial charge on any atom is 0.143 e. The smallest absolute Gasteiger partial charge is 0.143 e. The molecule has 15 heavy (non-hydrogen) atoms. The molecule has 1 aliphatic rings. The van der Waals surface area contributed by atoms with Crippen molar-refractivity contribution in [1.29, 1.82) is 0 Å². The van der Waals surface area contributed by atoms with Crippen LogP contribution in [0.2, 0.25) is 0 Å². The van der Waals surface area contributed by atoms with Crippen LogP contribution in [-0.2, 0) is 9.59 Å². The van der Waals surface area contributed by atoms with Crippen LogP contribution in [0.5, 0.6) is 0 Å². The minimum Gasteiger partial charge on any atom is -0.299 e. The maximum atomic E-state index is 11.7. The summed E-state index contributed by atoms with van der Waals surface area (Å²) in [5.74, 6) is 0.403. The molecule has 1 aliphatic carbocycles. The topological polar surface area (TPSA) is 34.1 Å². The van der Waals surface area contributed by atoms with E-state index in [1.54, 1.807) is 0 Å². The van der Waals surface area contributed by atoms with Crippen LogP contribution in [0.25, 0.3) is 0 Å². The van der Waals surface area contributed by atoms with E-state index in [1.165, 1.54) is 12.8 Å². The molecule has 0 atom stereocenters. The molecule has 0 radical (unpaired) electrons. The van der Waals surface area contributed by atoms with Crippen molar-refractivity contribution in [2.24, 2.45) is 11.8 Å². The lowest BCUT2D eigenvalue weighted by molar-refractivity contribution is -0.137. The van der Waals surface area contributed by atoms with Gasteiger partial charge < -0.3 is 0 Å². The van der Waals surface area contributed by atoms with E-state index >= 15 is 0 Å². The Balaban J connectivity index is 2.33. The van der Waals surface area contributed by atoms with Gasteiger partial charge in [0.25, 0.3) is 0 Å². The summed E-state index contributed by atoms with van der Waals surface area (Å²) in [6.45, 7) is 4.15. The number of unbranched alkanes of at least 4 members (excludes halogenated alkanes) is 3. The normalized spacial score (nSPS) is 27.1. The lowest BCUT2D eigenvalue weighted by atomic mass is 9.78. The van der Waals surface area contributed by atoms with E-state index in [9.17, 15) is 9.59 Å². The summed E-state index contributed by atoms with van der Waals surface area (Å²) in [6, 6.07) is 0. The average Bonchev–Trinajstić information content (AvgIpc) is 2.15. The highest BCUT2D eigenvalue weighted by Crippen LogP contribution is 2.26. The van der Waals surface area contributed by atoms with Gasteiger partial charge in [0.15, 0.2) is 0 Å². The van der Waals surface area contributed by atoms with Gasteiger partial charge in [-0.25, -0.2) is 0 Å². The molecule has 0 heterocycles. The Labute approximate surface area is 92.4 Å². The van der Waals surface area contributed by atoms with Crippen LogP contribution in [0.4, 0.5) is 0 Å². The molecule has 86 valence electrons. The molecule has 0 N–H and O–H groups in total. The van der Waals surface area contributed by atoms with E-state index in [4.69, 9.17) is 0 Å². The average molecular weight is 210 g/mol. The predicted molar refractivity (Wildman–Crippen MR) is 60.7 cm³/mol. The van der Waals surface area contributed by atoms with E-state index in [0.29, 0.717) is 12.8 Å². The molecule has 0 aliphatic heterocycles. The van der Waals surface area contributed by atoms with Crippen molar-refractivity contribution in [2.45, 2.75) is 58.8 Å². The molecule has 1 fully saturated rings. The van der Waals surface area contributed by atoms with Gasteiger partial charge in [-0.3, -0.25) is 9.59 Å². The first-order valence-corrected chi connectivity index (χ1v) is 6.20. The van der Waals surface area contributed by atoms with E-state index in [2.05, 4.69) is 6.92 Å². The van der Waals surface area contributed by atoms with Crippen molar-refractivity contribution < 1.29 is 9.59 Å². The molecule has 2 nitrogen and oxygen atoms in total. The van der Waals surface area contributed by atoms with Crippen LogP contribution < -0.4 is 0 Å². The summed E-state index contributed by atoms with van der Waals surface area (Å²) in [6.07, 6.45) is 6.63. The van der Waals surface area contributed by atoms with Gasteiger partial charge in [-0.05, 0) is 12.3 Å². The molecule has 0 bridgehead atoms. The Hall–Kier alpha value is -0.660. The van der Waals surface area contributed by atoms with Crippen LogP contribution in [-0.4, -0.2) is 11.6 Å². The van der Waals surface area contributed by atoms with Gasteiger partial charge in [0.05, 0.1) is 5.92 Å². The zero-order valence-corrected chi connectivity index (χ0v) is 9.92. The van der Waals surface area contributed by atoms with Gasteiger partial charge in [0.2, 0.25) is 0 Å². The van der Waals surface area contributed by atoms with Gasteiger partial charge >= 0.3 is 0 Å². The number of Topliss-reactive ketones (excluding diaryl/α,β-unsaturated/α-hetero) is 2. The number of carbonyl (C=O) groups is 2. The van der Waals surface area contributed by atoms with Crippen molar-refractivity contribution >= 4 is 11.6 Å². The number of carbonyl (C=O) groups excluding carboxylic acids is 2. The van der Waals surface area contributed by atoms with Crippen LogP contribution in [0, 0.1) is 11.8 Å². The van der Waals surface area contributed by atoms with Crippen LogP contribution in [0.1, 0.15) is 58.8 Å². The zero-order chi connectivity index (χ0) is 11.3. The Morgan fingerprint density at radius 2 is 1.67 bits per heavy atom. The van der Waals surface area contributed by atoms with Gasteiger partial charge in [0, 0.05) is 12.8 Å². The molecule has 0 amide bonds. The third-order valence-electron chi connectivity index (χ3n) is 3.22. The van der Waals surface area contributed by atoms with Gasteiger partial charge in [-0.15, -0.1) is 0 Å². The van der Waals surface area contributed by atoms with Crippen molar-refractivity contribution in [3.05, 3.63) is 0 Å². The van der Waals surface area contributed by atoms with E-state index < -0.39 is 0 Å². The van der Waals surface area contributed by atoms with Crippen molar-refractivity contribution in [2.75, 3.05) is 0 Å². The summed E-state index contributed by atoms with van der Waals surface area (Å²) in [7, 11) is 0. The highest BCUT2D eigenvalue weighted by atomic mass is 16.2. The minimum atomic E-state index is -0.252. The third-order valence-corrected chi connectivity index (χ3v) is 3.22. The Kier molecular flexibility index (Phi) is 5.00. The van der Waals surface area contributed by atoms with Crippen LogP contribution in [0.3, 0.4) is 0 Å². The van der Waals surface area contributed by atoms with Crippen LogP contribution in [0.15, 0.2) is 0 Å². The first-order valence-electron chi connectivity index (χ1n) is 6.20. The van der Waals surface area contributed by atoms with Crippen molar-refractivity contribution in [3.63, 3.8) is 0 Å². The molecular formula is C13H22O2. The van der Waals surface area contributed by atoms with E-state index in [0.717, 1.165) is 19.3 Å². The van der Waals surface area contributed by atoms with E-state index in [-0.39, 0.29) is 23.4 Å². The van der Waals surface area contributed by atoms with Gasteiger partial charge in [-0.1, -0.05) is 39.5 Å². The number of rotatable bonds is 5. The fourth-order valence-electron chi connectivity index (χ4n) is 2.32. The van der Waals surface area contributed by atoms with E-state index in [1.807, 2.05) is 6.92 Å². The number of hydrogen-bond donors (Lipinski definition) is 0. The molecule has 2 heteroatoms. The SMILES string of the molecule is CCCCCCC1C(=O)CC(C)CC1=O. The zero-order valence-electron chi connectivity index (χ0n) is 9.92. The number of ketones is 2.